The monoisotopic (exact) mass is 555 g/mol. The van der Waals surface area contributed by atoms with E-state index < -0.39 is 0 Å². The molecule has 31 heavy (non-hydrogen) atoms. The third kappa shape index (κ3) is 10.2. The molecular formula is C24H34IN3O2S. The molecule has 0 aromatic heterocycles. The summed E-state index contributed by atoms with van der Waals surface area (Å²) in [5, 5.41) is 6.74. The van der Waals surface area contributed by atoms with Gasteiger partial charge in [0.2, 0.25) is 0 Å². The van der Waals surface area contributed by atoms with E-state index in [2.05, 4.69) is 66.1 Å². The highest BCUT2D eigenvalue weighted by molar-refractivity contribution is 14.0. The van der Waals surface area contributed by atoms with Crippen LogP contribution < -0.4 is 10.6 Å². The molecular weight excluding hydrogens is 521 g/mol. The van der Waals surface area contributed by atoms with E-state index in [-0.39, 0.29) is 24.0 Å². The molecule has 1 saturated heterocycles. The van der Waals surface area contributed by atoms with Gasteiger partial charge >= 0.3 is 0 Å². The molecule has 0 saturated carbocycles. The lowest BCUT2D eigenvalue weighted by atomic mass is 10.1. The zero-order chi connectivity index (χ0) is 20.9. The largest absolute Gasteiger partial charge is 0.381 e. The van der Waals surface area contributed by atoms with Gasteiger partial charge in [0.1, 0.15) is 0 Å². The second-order valence-electron chi connectivity index (χ2n) is 7.22. The van der Waals surface area contributed by atoms with Gasteiger partial charge in [0.25, 0.3) is 0 Å². The molecule has 1 fully saturated rings. The quantitative estimate of drug-likeness (QED) is 0.144. The van der Waals surface area contributed by atoms with Gasteiger partial charge < -0.3 is 20.1 Å². The maximum Gasteiger partial charge on any atom is 0.191 e. The fourth-order valence-corrected chi connectivity index (χ4v) is 3.95. The number of rotatable bonds is 10. The molecule has 170 valence electrons. The summed E-state index contributed by atoms with van der Waals surface area (Å²) < 4.78 is 11.4. The molecule has 2 aromatic carbocycles. The Morgan fingerprint density at radius 2 is 1.74 bits per heavy atom. The summed E-state index contributed by atoms with van der Waals surface area (Å²) in [7, 11) is 0. The average molecular weight is 556 g/mol. The van der Waals surface area contributed by atoms with Gasteiger partial charge in [-0.2, -0.15) is 0 Å². The Labute approximate surface area is 207 Å². The third-order valence-electron chi connectivity index (χ3n) is 4.85. The van der Waals surface area contributed by atoms with E-state index in [1.165, 1.54) is 16.0 Å². The van der Waals surface area contributed by atoms with E-state index in [1.54, 1.807) is 0 Å². The first-order valence-corrected chi connectivity index (χ1v) is 11.8. The van der Waals surface area contributed by atoms with Crippen LogP contribution in [0.3, 0.4) is 0 Å². The predicted octanol–water partition coefficient (Wildman–Crippen LogP) is 4.85. The van der Waals surface area contributed by atoms with Crippen LogP contribution in [0.25, 0.3) is 0 Å². The first kappa shape index (κ1) is 26.0. The highest BCUT2D eigenvalue weighted by atomic mass is 127. The number of guanidine groups is 1. The van der Waals surface area contributed by atoms with Crippen molar-refractivity contribution in [3.63, 3.8) is 0 Å². The number of hydrogen-bond donors (Lipinski definition) is 2. The van der Waals surface area contributed by atoms with Gasteiger partial charge in [0.15, 0.2) is 5.96 Å². The molecule has 7 heteroatoms. The summed E-state index contributed by atoms with van der Waals surface area (Å²) in [6.07, 6.45) is 2.32. The van der Waals surface area contributed by atoms with Gasteiger partial charge in [-0.05, 0) is 43.0 Å². The summed E-state index contributed by atoms with van der Waals surface area (Å²) in [6, 6.07) is 19.0. The lowest BCUT2D eigenvalue weighted by molar-refractivity contribution is -0.0390. The number of nitrogens with one attached hydrogen (secondary N) is 2. The summed E-state index contributed by atoms with van der Waals surface area (Å²) in [5.41, 5.74) is 2.40. The number of aliphatic imine (C=N–C) groups is 1. The van der Waals surface area contributed by atoms with Crippen molar-refractivity contribution in [3.05, 3.63) is 65.7 Å². The second-order valence-corrected chi connectivity index (χ2v) is 8.39. The van der Waals surface area contributed by atoms with E-state index in [1.807, 2.05) is 17.8 Å². The molecule has 1 heterocycles. The Balaban J connectivity index is 0.00000341. The number of halogens is 1. The van der Waals surface area contributed by atoms with Crippen molar-refractivity contribution in [2.45, 2.75) is 43.9 Å². The van der Waals surface area contributed by atoms with Crippen molar-refractivity contribution in [2.24, 2.45) is 4.99 Å². The minimum absolute atomic E-state index is 0. The summed E-state index contributed by atoms with van der Waals surface area (Å²) >= 11 is 1.85. The van der Waals surface area contributed by atoms with Gasteiger partial charge in [-0.15, -0.1) is 35.7 Å². The molecule has 0 unspecified atom stereocenters. The molecule has 0 aliphatic carbocycles. The SMILES string of the molecule is CCNC(=NCc1ccc(COC2CCOCC2)cc1)NCCSc1ccccc1.I. The number of nitrogens with zero attached hydrogens (tertiary/aromatic N) is 1. The Hall–Kier alpha value is -1.29. The zero-order valence-corrected chi connectivity index (χ0v) is 21.4. The van der Waals surface area contributed by atoms with Gasteiger partial charge in [0, 0.05) is 37.0 Å². The van der Waals surface area contributed by atoms with E-state index >= 15 is 0 Å². The van der Waals surface area contributed by atoms with Crippen LogP contribution in [0.15, 0.2) is 64.5 Å². The smallest absolute Gasteiger partial charge is 0.191 e. The maximum atomic E-state index is 6.00. The average Bonchev–Trinajstić information content (AvgIpc) is 2.81. The van der Waals surface area contributed by atoms with Crippen LogP contribution in [0.2, 0.25) is 0 Å². The van der Waals surface area contributed by atoms with Crippen LogP contribution in [0.1, 0.15) is 30.9 Å². The van der Waals surface area contributed by atoms with Crippen LogP contribution in [0.5, 0.6) is 0 Å². The molecule has 5 nitrogen and oxygen atoms in total. The van der Waals surface area contributed by atoms with Crippen LogP contribution in [-0.4, -0.2) is 44.1 Å². The highest BCUT2D eigenvalue weighted by Gasteiger charge is 2.13. The van der Waals surface area contributed by atoms with E-state index in [4.69, 9.17) is 14.5 Å². The number of benzene rings is 2. The third-order valence-corrected chi connectivity index (χ3v) is 5.86. The molecule has 0 atom stereocenters. The summed E-state index contributed by atoms with van der Waals surface area (Å²) in [6.45, 7) is 6.75. The van der Waals surface area contributed by atoms with Gasteiger partial charge in [-0.3, -0.25) is 0 Å². The molecule has 3 rings (SSSR count). The molecule has 0 bridgehead atoms. The predicted molar refractivity (Wildman–Crippen MR) is 140 cm³/mol. The van der Waals surface area contributed by atoms with Crippen LogP contribution >= 0.6 is 35.7 Å². The van der Waals surface area contributed by atoms with Crippen LogP contribution in [-0.2, 0) is 22.6 Å². The number of hydrogen-bond acceptors (Lipinski definition) is 4. The van der Waals surface area contributed by atoms with Crippen molar-refractivity contribution in [2.75, 3.05) is 32.1 Å². The summed E-state index contributed by atoms with van der Waals surface area (Å²) in [5.74, 6) is 1.86. The molecule has 2 N–H and O–H groups in total. The van der Waals surface area contributed by atoms with Crippen molar-refractivity contribution in [1.29, 1.82) is 0 Å². The molecule has 1 aliphatic heterocycles. The number of thioether (sulfide) groups is 1. The first-order valence-electron chi connectivity index (χ1n) is 10.8. The standard InChI is InChI=1S/C24H33N3O2S.HI/c1-2-25-24(26-14-17-30-23-6-4-3-5-7-23)27-18-20-8-10-21(11-9-20)19-29-22-12-15-28-16-13-22;/h3-11,22H,2,12-19H2,1H3,(H2,25,26,27);1H. The van der Waals surface area contributed by atoms with Crippen molar-refractivity contribution in [1.82, 2.24) is 10.6 Å². The molecule has 0 radical (unpaired) electrons. The normalized spacial score (nSPS) is 14.7. The minimum Gasteiger partial charge on any atom is -0.381 e. The van der Waals surface area contributed by atoms with Gasteiger partial charge in [-0.1, -0.05) is 42.5 Å². The van der Waals surface area contributed by atoms with E-state index in [0.29, 0.717) is 19.3 Å². The Morgan fingerprint density at radius 1 is 1.03 bits per heavy atom. The second kappa shape index (κ2) is 15.5. The Morgan fingerprint density at radius 3 is 2.45 bits per heavy atom. The van der Waals surface area contributed by atoms with Crippen molar-refractivity contribution >= 4 is 41.7 Å². The van der Waals surface area contributed by atoms with Crippen LogP contribution in [0, 0.1) is 0 Å². The first-order chi connectivity index (χ1) is 14.8. The maximum absolute atomic E-state index is 6.00. The van der Waals surface area contributed by atoms with E-state index in [0.717, 1.165) is 50.9 Å². The van der Waals surface area contributed by atoms with Crippen molar-refractivity contribution < 1.29 is 9.47 Å². The minimum atomic E-state index is 0. The molecule has 1 aliphatic rings. The van der Waals surface area contributed by atoms with E-state index in [9.17, 15) is 0 Å². The number of ether oxygens (including phenoxy) is 2. The van der Waals surface area contributed by atoms with Gasteiger partial charge in [-0.25, -0.2) is 4.99 Å². The fourth-order valence-electron chi connectivity index (χ4n) is 3.16. The van der Waals surface area contributed by atoms with Crippen molar-refractivity contribution in [3.8, 4) is 0 Å². The topological polar surface area (TPSA) is 54.9 Å². The summed E-state index contributed by atoms with van der Waals surface area (Å²) in [4.78, 5) is 6.01. The lowest BCUT2D eigenvalue weighted by Crippen LogP contribution is -2.38. The fraction of sp³-hybridized carbons (Fsp3) is 0.458. The van der Waals surface area contributed by atoms with Crippen LogP contribution in [0.4, 0.5) is 0 Å². The molecule has 0 spiro atoms. The van der Waals surface area contributed by atoms with Gasteiger partial charge in [0.05, 0.1) is 19.3 Å². The Kier molecular flexibility index (Phi) is 13.0. The zero-order valence-electron chi connectivity index (χ0n) is 18.2. The molecule has 2 aromatic rings. The molecule has 0 amide bonds. The highest BCUT2D eigenvalue weighted by Crippen LogP contribution is 2.16. The lowest BCUT2D eigenvalue weighted by Gasteiger charge is -2.22. The Bertz CT molecular complexity index is 753.